The van der Waals surface area contributed by atoms with Gasteiger partial charge in [-0.25, -0.2) is 9.18 Å². The standard InChI is InChI=1S/C10H12FN3O3/c11-9-5(4-15)7(16)3-6(9)14-2-1-8(12)13-10(14)17/h1-2,6-7,15-16H,3-4H2,(H2,12,13,17)/t6-,7-/m0/s1. The van der Waals surface area contributed by atoms with Crippen molar-refractivity contribution in [3.05, 3.63) is 34.1 Å². The number of aromatic nitrogens is 2. The van der Waals surface area contributed by atoms with E-state index in [4.69, 9.17) is 10.8 Å². The molecule has 1 aliphatic rings. The van der Waals surface area contributed by atoms with E-state index in [1.54, 1.807) is 0 Å². The van der Waals surface area contributed by atoms with Crippen LogP contribution in [0, 0.1) is 0 Å². The molecule has 1 aromatic rings. The van der Waals surface area contributed by atoms with Crippen molar-refractivity contribution in [2.24, 2.45) is 0 Å². The summed E-state index contributed by atoms with van der Waals surface area (Å²) in [6.07, 6.45) is 0.254. The van der Waals surface area contributed by atoms with Gasteiger partial charge in [0.1, 0.15) is 11.6 Å². The van der Waals surface area contributed by atoms with Gasteiger partial charge < -0.3 is 15.9 Å². The highest BCUT2D eigenvalue weighted by Crippen LogP contribution is 2.35. The molecular weight excluding hydrogens is 229 g/mol. The van der Waals surface area contributed by atoms with Gasteiger partial charge in [0.25, 0.3) is 0 Å². The molecule has 2 atom stereocenters. The number of nitrogen functional groups attached to an aromatic ring is 1. The van der Waals surface area contributed by atoms with E-state index in [9.17, 15) is 14.3 Å². The van der Waals surface area contributed by atoms with Crippen molar-refractivity contribution in [3.63, 3.8) is 0 Å². The summed E-state index contributed by atoms with van der Waals surface area (Å²) in [4.78, 5) is 15.0. The number of hydrogen-bond donors (Lipinski definition) is 3. The van der Waals surface area contributed by atoms with Crippen LogP contribution in [-0.2, 0) is 0 Å². The number of rotatable bonds is 2. The average Bonchev–Trinajstić information content (AvgIpc) is 2.54. The molecule has 0 spiro atoms. The minimum absolute atomic E-state index is 0.00717. The summed E-state index contributed by atoms with van der Waals surface area (Å²) in [5.41, 5.74) is 4.55. The van der Waals surface area contributed by atoms with Crippen LogP contribution in [0.25, 0.3) is 0 Å². The summed E-state index contributed by atoms with van der Waals surface area (Å²) in [6.45, 7) is -0.569. The maximum Gasteiger partial charge on any atom is 0.350 e. The van der Waals surface area contributed by atoms with E-state index in [-0.39, 0.29) is 17.8 Å². The summed E-state index contributed by atoms with van der Waals surface area (Å²) in [6, 6.07) is 0.450. The smallest absolute Gasteiger partial charge is 0.350 e. The van der Waals surface area contributed by atoms with Gasteiger partial charge in [-0.2, -0.15) is 4.98 Å². The van der Waals surface area contributed by atoms with Gasteiger partial charge in [0.05, 0.1) is 18.8 Å². The number of aliphatic hydroxyl groups is 2. The Morgan fingerprint density at radius 3 is 2.88 bits per heavy atom. The molecule has 1 aromatic heterocycles. The van der Waals surface area contributed by atoms with Crippen LogP contribution < -0.4 is 11.4 Å². The van der Waals surface area contributed by atoms with Crippen LogP contribution in [0.1, 0.15) is 12.5 Å². The predicted octanol–water partition coefficient (Wildman–Crippen LogP) is -0.653. The van der Waals surface area contributed by atoms with E-state index in [1.165, 1.54) is 12.3 Å². The normalized spacial score (nSPS) is 24.4. The Hall–Kier alpha value is -1.73. The number of anilines is 1. The number of allylic oxidation sites excluding steroid dienone is 1. The van der Waals surface area contributed by atoms with Crippen LogP contribution in [0.2, 0.25) is 0 Å². The lowest BCUT2D eigenvalue weighted by molar-refractivity contribution is 0.181. The predicted molar refractivity (Wildman–Crippen MR) is 57.8 cm³/mol. The Bertz CT molecular complexity index is 526. The van der Waals surface area contributed by atoms with Crippen molar-refractivity contribution in [2.45, 2.75) is 18.6 Å². The second-order valence-corrected chi connectivity index (χ2v) is 3.84. The maximum atomic E-state index is 13.8. The molecule has 0 amide bonds. The quantitative estimate of drug-likeness (QED) is 0.638. The van der Waals surface area contributed by atoms with Crippen LogP contribution in [0.15, 0.2) is 28.5 Å². The molecule has 0 saturated carbocycles. The molecule has 0 radical (unpaired) electrons. The Labute approximate surface area is 95.8 Å². The van der Waals surface area contributed by atoms with Gasteiger partial charge >= 0.3 is 5.69 Å². The first-order chi connectivity index (χ1) is 8.04. The fourth-order valence-corrected chi connectivity index (χ4v) is 1.91. The molecule has 4 N–H and O–H groups in total. The van der Waals surface area contributed by atoms with Crippen LogP contribution in [0.5, 0.6) is 0 Å². The van der Waals surface area contributed by atoms with Crippen LogP contribution >= 0.6 is 0 Å². The van der Waals surface area contributed by atoms with E-state index in [0.29, 0.717) is 0 Å². The molecular formula is C10H12FN3O3. The first-order valence-electron chi connectivity index (χ1n) is 5.06. The molecule has 2 rings (SSSR count). The fourth-order valence-electron chi connectivity index (χ4n) is 1.91. The highest BCUT2D eigenvalue weighted by Gasteiger charge is 2.34. The zero-order chi connectivity index (χ0) is 12.6. The molecule has 0 aliphatic heterocycles. The molecule has 17 heavy (non-hydrogen) atoms. The lowest BCUT2D eigenvalue weighted by Gasteiger charge is -2.12. The third kappa shape index (κ3) is 1.94. The number of nitrogens with zero attached hydrogens (tertiary/aromatic N) is 2. The molecule has 0 fully saturated rings. The van der Waals surface area contributed by atoms with Crippen molar-refractivity contribution >= 4 is 5.82 Å². The second kappa shape index (κ2) is 4.27. The molecule has 0 bridgehead atoms. The molecule has 0 unspecified atom stereocenters. The van der Waals surface area contributed by atoms with E-state index < -0.39 is 30.3 Å². The summed E-state index contributed by atoms with van der Waals surface area (Å²) in [7, 11) is 0. The Morgan fingerprint density at radius 1 is 1.65 bits per heavy atom. The fraction of sp³-hybridized carbons (Fsp3) is 0.400. The Balaban J connectivity index is 2.43. The third-order valence-corrected chi connectivity index (χ3v) is 2.81. The van der Waals surface area contributed by atoms with Crippen LogP contribution in [0.4, 0.5) is 10.2 Å². The molecule has 0 aromatic carbocycles. The van der Waals surface area contributed by atoms with E-state index in [1.807, 2.05) is 0 Å². The number of nitrogens with two attached hydrogens (primary N) is 1. The summed E-state index contributed by atoms with van der Waals surface area (Å²) < 4.78 is 14.9. The van der Waals surface area contributed by atoms with Crippen LogP contribution in [0.3, 0.4) is 0 Å². The van der Waals surface area contributed by atoms with Gasteiger partial charge in [-0.1, -0.05) is 0 Å². The van der Waals surface area contributed by atoms with Gasteiger partial charge in [-0.15, -0.1) is 0 Å². The Morgan fingerprint density at radius 2 is 2.35 bits per heavy atom. The number of aliphatic hydroxyl groups excluding tert-OH is 2. The largest absolute Gasteiger partial charge is 0.392 e. The molecule has 92 valence electrons. The van der Waals surface area contributed by atoms with Crippen molar-refractivity contribution in [3.8, 4) is 0 Å². The molecule has 1 heterocycles. The van der Waals surface area contributed by atoms with E-state index in [2.05, 4.69) is 4.98 Å². The molecule has 7 heteroatoms. The highest BCUT2D eigenvalue weighted by molar-refractivity contribution is 5.27. The van der Waals surface area contributed by atoms with Gasteiger partial charge in [0, 0.05) is 18.2 Å². The van der Waals surface area contributed by atoms with Crippen LogP contribution in [-0.4, -0.2) is 32.5 Å². The number of halogens is 1. The van der Waals surface area contributed by atoms with Gasteiger partial charge in [-0.05, 0) is 6.07 Å². The zero-order valence-corrected chi connectivity index (χ0v) is 8.88. The third-order valence-electron chi connectivity index (χ3n) is 2.81. The minimum atomic E-state index is -1.07. The first-order valence-corrected chi connectivity index (χ1v) is 5.06. The minimum Gasteiger partial charge on any atom is -0.392 e. The van der Waals surface area contributed by atoms with Crippen molar-refractivity contribution in [1.82, 2.24) is 9.55 Å². The van der Waals surface area contributed by atoms with Crippen molar-refractivity contribution in [2.75, 3.05) is 12.3 Å². The molecule has 1 aliphatic carbocycles. The topological polar surface area (TPSA) is 101 Å². The van der Waals surface area contributed by atoms with Gasteiger partial charge in [0.2, 0.25) is 0 Å². The lowest BCUT2D eigenvalue weighted by Crippen LogP contribution is -2.27. The SMILES string of the molecule is Nc1ccn([C@H]2C[C@H](O)C(CO)=C2F)c(=O)n1. The summed E-state index contributed by atoms with van der Waals surface area (Å²) in [5.74, 6) is -0.634. The van der Waals surface area contributed by atoms with Crippen molar-refractivity contribution < 1.29 is 14.6 Å². The van der Waals surface area contributed by atoms with Crippen molar-refractivity contribution in [1.29, 1.82) is 0 Å². The van der Waals surface area contributed by atoms with Gasteiger partial charge in [-0.3, -0.25) is 4.57 Å². The highest BCUT2D eigenvalue weighted by atomic mass is 19.1. The molecule has 6 nitrogen and oxygen atoms in total. The van der Waals surface area contributed by atoms with E-state index in [0.717, 1.165) is 4.57 Å². The van der Waals surface area contributed by atoms with E-state index >= 15 is 0 Å². The maximum absolute atomic E-state index is 13.8. The zero-order valence-electron chi connectivity index (χ0n) is 8.88. The first kappa shape index (κ1) is 11.7. The molecule has 0 saturated heterocycles. The average molecular weight is 241 g/mol. The summed E-state index contributed by atoms with van der Waals surface area (Å²) >= 11 is 0. The summed E-state index contributed by atoms with van der Waals surface area (Å²) in [5, 5.41) is 18.4. The lowest BCUT2D eigenvalue weighted by atomic mass is 10.2. The Kier molecular flexibility index (Phi) is 2.95. The second-order valence-electron chi connectivity index (χ2n) is 3.84. The monoisotopic (exact) mass is 241 g/mol. The van der Waals surface area contributed by atoms with Gasteiger partial charge in [0.15, 0.2) is 0 Å². The number of hydrogen-bond acceptors (Lipinski definition) is 5.